The smallest absolute Gasteiger partial charge is 0.338 e. The molecular formula is C23H30N6O4S. The number of thioether (sulfide) groups is 1. The van der Waals surface area contributed by atoms with Gasteiger partial charge in [0.1, 0.15) is 11.8 Å². The number of anilines is 1. The van der Waals surface area contributed by atoms with Crippen LogP contribution in [0.4, 0.5) is 10.7 Å². The summed E-state index contributed by atoms with van der Waals surface area (Å²) in [4.78, 5) is 27.7. The van der Waals surface area contributed by atoms with E-state index in [4.69, 9.17) is 9.15 Å². The fourth-order valence-corrected chi connectivity index (χ4v) is 5.40. The highest BCUT2D eigenvalue weighted by molar-refractivity contribution is 7.99. The van der Waals surface area contributed by atoms with Crippen molar-refractivity contribution in [2.24, 2.45) is 5.92 Å². The molecule has 0 bridgehead atoms. The highest BCUT2D eigenvalue weighted by Gasteiger charge is 2.36. The molecule has 11 heteroatoms. The third kappa shape index (κ3) is 4.66. The van der Waals surface area contributed by atoms with Gasteiger partial charge in [-0.2, -0.15) is 0 Å². The number of nitrogens with one attached hydrogen (secondary N) is 2. The zero-order valence-corrected chi connectivity index (χ0v) is 20.3. The summed E-state index contributed by atoms with van der Waals surface area (Å²) in [6.45, 7) is 6.26. The van der Waals surface area contributed by atoms with E-state index in [1.807, 2.05) is 0 Å². The van der Waals surface area contributed by atoms with E-state index in [1.54, 1.807) is 19.1 Å². The van der Waals surface area contributed by atoms with Crippen LogP contribution in [-0.4, -0.2) is 52.2 Å². The Bertz CT molecular complexity index is 1070. The molecule has 2 fully saturated rings. The Kier molecular flexibility index (Phi) is 6.53. The molecule has 2 aromatic heterocycles. The molecule has 1 saturated carbocycles. The van der Waals surface area contributed by atoms with Gasteiger partial charge in [-0.05, 0) is 50.7 Å². The second-order valence-electron chi connectivity index (χ2n) is 9.00. The summed E-state index contributed by atoms with van der Waals surface area (Å²) in [5.41, 5.74) is 0.832. The van der Waals surface area contributed by atoms with Gasteiger partial charge in [0.05, 0.1) is 18.4 Å². The van der Waals surface area contributed by atoms with E-state index >= 15 is 0 Å². The standard InChI is InChI=1S/C23H30N6O4S/c1-3-32-20(30)18-16(24-21(31)25-19(18)17-5-4-12-33-17)13-34-23-27-26-22(29(23)15-6-7-15)28-10-8-14(2)9-11-28/h4-5,12,14-15,19H,3,6-11,13H2,1-2H3,(H2,24,25,31). The number of carbonyl (C=O) groups excluding carboxylic acids is 2. The largest absolute Gasteiger partial charge is 0.467 e. The monoisotopic (exact) mass is 486 g/mol. The number of amides is 2. The molecule has 0 spiro atoms. The molecule has 0 radical (unpaired) electrons. The van der Waals surface area contributed by atoms with Gasteiger partial charge in [0.15, 0.2) is 5.16 Å². The molecular weight excluding hydrogens is 456 g/mol. The maximum absolute atomic E-state index is 12.9. The minimum absolute atomic E-state index is 0.232. The van der Waals surface area contributed by atoms with Gasteiger partial charge in [-0.3, -0.25) is 4.57 Å². The molecule has 3 aliphatic rings. The van der Waals surface area contributed by atoms with Crippen LogP contribution in [0.15, 0.2) is 39.2 Å². The van der Waals surface area contributed by atoms with Crippen LogP contribution >= 0.6 is 11.8 Å². The van der Waals surface area contributed by atoms with Crippen molar-refractivity contribution in [3.8, 4) is 0 Å². The first kappa shape index (κ1) is 22.8. The van der Waals surface area contributed by atoms with E-state index in [0.29, 0.717) is 28.8 Å². The molecule has 5 rings (SSSR count). The molecule has 1 atom stereocenters. The maximum Gasteiger partial charge on any atom is 0.338 e. The Balaban J connectivity index is 1.42. The highest BCUT2D eigenvalue weighted by atomic mass is 32.2. The summed E-state index contributed by atoms with van der Waals surface area (Å²) in [5, 5.41) is 15.4. The Morgan fingerprint density at radius 3 is 2.74 bits per heavy atom. The number of hydrogen-bond donors (Lipinski definition) is 2. The highest BCUT2D eigenvalue weighted by Crippen LogP contribution is 2.42. The SMILES string of the molecule is CCOC(=O)C1=C(CSc2nnc(N3CCC(C)CC3)n2C2CC2)NC(=O)NC1c1ccco1. The number of carbonyl (C=O) groups is 2. The number of hydrogen-bond acceptors (Lipinski definition) is 8. The van der Waals surface area contributed by atoms with Crippen molar-refractivity contribution in [1.82, 2.24) is 25.4 Å². The predicted octanol–water partition coefficient (Wildman–Crippen LogP) is 3.41. The number of urea groups is 1. The molecule has 1 saturated heterocycles. The number of ether oxygens (including phenoxy) is 1. The van der Waals surface area contributed by atoms with Crippen molar-refractivity contribution < 1.29 is 18.7 Å². The third-order valence-electron chi connectivity index (χ3n) is 6.45. The number of nitrogens with zero attached hydrogens (tertiary/aromatic N) is 4. The molecule has 182 valence electrons. The summed E-state index contributed by atoms with van der Waals surface area (Å²) in [6, 6.07) is 2.75. The average Bonchev–Trinajstić information content (AvgIpc) is 3.34. The maximum atomic E-state index is 12.9. The van der Waals surface area contributed by atoms with Gasteiger partial charge in [0.25, 0.3) is 0 Å². The lowest BCUT2D eigenvalue weighted by Gasteiger charge is -2.31. The topological polar surface area (TPSA) is 115 Å². The lowest BCUT2D eigenvalue weighted by atomic mass is 10.00. The molecule has 0 aromatic carbocycles. The third-order valence-corrected chi connectivity index (χ3v) is 7.42. The fraction of sp³-hybridized carbons (Fsp3) is 0.565. The first-order chi connectivity index (χ1) is 16.5. The number of esters is 1. The Morgan fingerprint density at radius 2 is 2.06 bits per heavy atom. The Morgan fingerprint density at radius 1 is 1.26 bits per heavy atom. The van der Waals surface area contributed by atoms with E-state index in [9.17, 15) is 9.59 Å². The van der Waals surface area contributed by atoms with E-state index in [2.05, 4.69) is 37.2 Å². The molecule has 10 nitrogen and oxygen atoms in total. The lowest BCUT2D eigenvalue weighted by molar-refractivity contribution is -0.139. The van der Waals surface area contributed by atoms with Crippen molar-refractivity contribution in [2.75, 3.05) is 30.3 Å². The van der Waals surface area contributed by atoms with Crippen LogP contribution in [0.1, 0.15) is 57.4 Å². The summed E-state index contributed by atoms with van der Waals surface area (Å²) in [5.74, 6) is 2.00. The second kappa shape index (κ2) is 9.73. The fourth-order valence-electron chi connectivity index (χ4n) is 4.43. The summed E-state index contributed by atoms with van der Waals surface area (Å²) < 4.78 is 13.1. The zero-order chi connectivity index (χ0) is 23.7. The van der Waals surface area contributed by atoms with Crippen LogP contribution in [-0.2, 0) is 9.53 Å². The minimum Gasteiger partial charge on any atom is -0.467 e. The molecule has 2 N–H and O–H groups in total. The molecule has 2 amide bonds. The quantitative estimate of drug-likeness (QED) is 0.431. The molecule has 2 aromatic rings. The van der Waals surface area contributed by atoms with Crippen LogP contribution in [0, 0.1) is 5.92 Å². The number of piperidine rings is 1. The van der Waals surface area contributed by atoms with Gasteiger partial charge in [0.2, 0.25) is 5.95 Å². The van der Waals surface area contributed by atoms with Crippen molar-refractivity contribution in [3.63, 3.8) is 0 Å². The van der Waals surface area contributed by atoms with Crippen molar-refractivity contribution in [3.05, 3.63) is 35.4 Å². The Labute approximate surface area is 202 Å². The van der Waals surface area contributed by atoms with Crippen molar-refractivity contribution >= 4 is 29.7 Å². The van der Waals surface area contributed by atoms with Crippen LogP contribution in [0.25, 0.3) is 0 Å². The summed E-state index contributed by atoms with van der Waals surface area (Å²) in [7, 11) is 0. The summed E-state index contributed by atoms with van der Waals surface area (Å²) >= 11 is 1.47. The van der Waals surface area contributed by atoms with E-state index in [-0.39, 0.29) is 6.61 Å². The normalized spacial score (nSPS) is 21.4. The molecule has 1 unspecified atom stereocenters. The zero-order valence-electron chi connectivity index (χ0n) is 19.5. The van der Waals surface area contributed by atoms with E-state index < -0.39 is 18.0 Å². The predicted molar refractivity (Wildman–Crippen MR) is 126 cm³/mol. The molecule has 4 heterocycles. The van der Waals surface area contributed by atoms with Gasteiger partial charge < -0.3 is 24.7 Å². The van der Waals surface area contributed by atoms with Crippen LogP contribution < -0.4 is 15.5 Å². The number of furan rings is 1. The van der Waals surface area contributed by atoms with Crippen molar-refractivity contribution in [2.45, 2.75) is 56.8 Å². The van der Waals surface area contributed by atoms with Gasteiger partial charge in [-0.1, -0.05) is 18.7 Å². The van der Waals surface area contributed by atoms with Crippen LogP contribution in [0.3, 0.4) is 0 Å². The molecule has 1 aliphatic carbocycles. The van der Waals surface area contributed by atoms with Crippen LogP contribution in [0.2, 0.25) is 0 Å². The van der Waals surface area contributed by atoms with Gasteiger partial charge in [-0.15, -0.1) is 10.2 Å². The second-order valence-corrected chi connectivity index (χ2v) is 9.94. The molecule has 2 aliphatic heterocycles. The van der Waals surface area contributed by atoms with Gasteiger partial charge in [0, 0.05) is 30.6 Å². The number of aromatic nitrogens is 3. The van der Waals surface area contributed by atoms with E-state index in [1.165, 1.54) is 18.0 Å². The van der Waals surface area contributed by atoms with Crippen molar-refractivity contribution in [1.29, 1.82) is 0 Å². The van der Waals surface area contributed by atoms with Gasteiger partial charge in [-0.25, -0.2) is 9.59 Å². The minimum atomic E-state index is -0.717. The lowest BCUT2D eigenvalue weighted by Crippen LogP contribution is -2.46. The Hall–Kier alpha value is -2.95. The van der Waals surface area contributed by atoms with E-state index in [0.717, 1.165) is 55.8 Å². The summed E-state index contributed by atoms with van der Waals surface area (Å²) in [6.07, 6.45) is 6.05. The first-order valence-corrected chi connectivity index (χ1v) is 12.9. The van der Waals surface area contributed by atoms with Gasteiger partial charge >= 0.3 is 12.0 Å². The first-order valence-electron chi connectivity index (χ1n) is 11.9. The van der Waals surface area contributed by atoms with Crippen LogP contribution in [0.5, 0.6) is 0 Å². The number of rotatable bonds is 8. The average molecular weight is 487 g/mol. The molecule has 34 heavy (non-hydrogen) atoms.